The van der Waals surface area contributed by atoms with E-state index in [-0.39, 0.29) is 11.3 Å². The zero-order valence-electron chi connectivity index (χ0n) is 9.86. The highest BCUT2D eigenvalue weighted by atomic mass is 35.5. The Kier molecular flexibility index (Phi) is 2.66. The maximum atomic E-state index is 12.4. The summed E-state index contributed by atoms with van der Waals surface area (Å²) in [5.74, 6) is 1.29. The number of hydrogen-bond donors (Lipinski definition) is 0. The van der Waals surface area contributed by atoms with E-state index in [1.807, 2.05) is 17.9 Å². The van der Waals surface area contributed by atoms with Crippen molar-refractivity contribution in [3.63, 3.8) is 0 Å². The Morgan fingerprint density at radius 3 is 2.53 bits per heavy atom. The van der Waals surface area contributed by atoms with E-state index >= 15 is 0 Å². The molecular weight excluding hydrogens is 238 g/mol. The molecule has 3 nitrogen and oxygen atoms in total. The number of fused-ring (bicyclic) bond motifs is 2. The van der Waals surface area contributed by atoms with Gasteiger partial charge in [0.05, 0.1) is 0 Å². The Morgan fingerprint density at radius 1 is 1.35 bits per heavy atom. The molecule has 2 atom stereocenters. The van der Waals surface area contributed by atoms with E-state index in [4.69, 9.17) is 16.0 Å². The Labute approximate surface area is 106 Å². The molecule has 3 heterocycles. The Hall–Kier alpha value is -0.960. The van der Waals surface area contributed by atoms with Gasteiger partial charge >= 0.3 is 0 Å². The average Bonchev–Trinajstić information content (AvgIpc) is 2.81. The van der Waals surface area contributed by atoms with Crippen LogP contribution < -0.4 is 0 Å². The molecule has 2 saturated heterocycles. The molecule has 2 unspecified atom stereocenters. The summed E-state index contributed by atoms with van der Waals surface area (Å²) >= 11 is 6.21. The lowest BCUT2D eigenvalue weighted by atomic mass is 10.0. The van der Waals surface area contributed by atoms with Gasteiger partial charge in [0.25, 0.3) is 5.91 Å². The van der Waals surface area contributed by atoms with Gasteiger partial charge in [-0.2, -0.15) is 0 Å². The van der Waals surface area contributed by atoms with Crippen LogP contribution in [0.3, 0.4) is 0 Å². The van der Waals surface area contributed by atoms with Gasteiger partial charge in [0, 0.05) is 17.5 Å². The maximum Gasteiger partial charge on any atom is 0.290 e. The molecule has 0 spiro atoms. The van der Waals surface area contributed by atoms with Crippen molar-refractivity contribution in [2.24, 2.45) is 0 Å². The number of aryl methyl sites for hydroxylation is 1. The topological polar surface area (TPSA) is 33.5 Å². The normalized spacial score (nSPS) is 31.9. The Balaban J connectivity index is 1.83. The number of carbonyl (C=O) groups is 1. The lowest BCUT2D eigenvalue weighted by molar-refractivity contribution is 0.0565. The van der Waals surface area contributed by atoms with Crippen LogP contribution in [0.4, 0.5) is 0 Å². The second-order valence-electron chi connectivity index (χ2n) is 5.08. The number of piperidine rings is 1. The quantitative estimate of drug-likeness (QED) is 0.721. The summed E-state index contributed by atoms with van der Waals surface area (Å²) in [4.78, 5) is 14.4. The summed E-state index contributed by atoms with van der Waals surface area (Å²) < 4.78 is 5.43. The van der Waals surface area contributed by atoms with Crippen LogP contribution in [-0.2, 0) is 0 Å². The first-order valence-corrected chi connectivity index (χ1v) is 6.62. The molecule has 0 saturated carbocycles. The molecule has 2 fully saturated rings. The second kappa shape index (κ2) is 4.05. The SMILES string of the molecule is Cc1ccc(C(=O)N2C3CCC2CC(Cl)C3)o1. The Morgan fingerprint density at radius 2 is 2.00 bits per heavy atom. The highest BCUT2D eigenvalue weighted by Crippen LogP contribution is 2.38. The van der Waals surface area contributed by atoms with Gasteiger partial charge < -0.3 is 9.32 Å². The zero-order valence-corrected chi connectivity index (χ0v) is 10.6. The fraction of sp³-hybridized carbons (Fsp3) is 0.615. The number of halogens is 1. The second-order valence-corrected chi connectivity index (χ2v) is 5.69. The number of amides is 1. The van der Waals surface area contributed by atoms with Crippen LogP contribution in [0.25, 0.3) is 0 Å². The van der Waals surface area contributed by atoms with Gasteiger partial charge in [-0.05, 0) is 44.7 Å². The van der Waals surface area contributed by atoms with E-state index in [0.717, 1.165) is 31.4 Å². The van der Waals surface area contributed by atoms with Crippen LogP contribution in [0.5, 0.6) is 0 Å². The molecule has 0 N–H and O–H groups in total. The molecule has 3 rings (SSSR count). The smallest absolute Gasteiger partial charge is 0.290 e. The molecule has 0 radical (unpaired) electrons. The largest absolute Gasteiger partial charge is 0.456 e. The average molecular weight is 254 g/mol. The third-order valence-electron chi connectivity index (χ3n) is 3.86. The van der Waals surface area contributed by atoms with E-state index < -0.39 is 0 Å². The van der Waals surface area contributed by atoms with Gasteiger partial charge in [0.1, 0.15) is 5.76 Å². The number of nitrogens with zero attached hydrogens (tertiary/aromatic N) is 1. The van der Waals surface area contributed by atoms with E-state index in [9.17, 15) is 4.79 Å². The fourth-order valence-electron chi connectivity index (χ4n) is 3.12. The van der Waals surface area contributed by atoms with Gasteiger partial charge in [-0.1, -0.05) is 0 Å². The monoisotopic (exact) mass is 253 g/mol. The van der Waals surface area contributed by atoms with E-state index in [1.165, 1.54) is 0 Å². The molecule has 1 aromatic heterocycles. The van der Waals surface area contributed by atoms with Crippen LogP contribution in [0, 0.1) is 6.92 Å². The Bertz CT molecular complexity index is 428. The summed E-state index contributed by atoms with van der Waals surface area (Å²) in [5, 5.41) is 0.231. The summed E-state index contributed by atoms with van der Waals surface area (Å²) in [6, 6.07) is 4.23. The van der Waals surface area contributed by atoms with Gasteiger partial charge in [0.15, 0.2) is 5.76 Å². The standard InChI is InChI=1S/C13H16ClNO2/c1-8-2-5-12(17-8)13(16)15-10-3-4-11(15)7-9(14)6-10/h2,5,9-11H,3-4,6-7H2,1H3. The molecule has 17 heavy (non-hydrogen) atoms. The predicted octanol–water partition coefficient (Wildman–Crippen LogP) is 2.96. The van der Waals surface area contributed by atoms with Crippen molar-refractivity contribution in [1.29, 1.82) is 0 Å². The number of rotatable bonds is 1. The van der Waals surface area contributed by atoms with Gasteiger partial charge in [-0.25, -0.2) is 0 Å². The van der Waals surface area contributed by atoms with Crippen molar-refractivity contribution < 1.29 is 9.21 Å². The number of hydrogen-bond acceptors (Lipinski definition) is 2. The zero-order chi connectivity index (χ0) is 12.0. The fourth-order valence-corrected chi connectivity index (χ4v) is 3.53. The van der Waals surface area contributed by atoms with Crippen molar-refractivity contribution in [2.45, 2.75) is 50.1 Å². The first kappa shape index (κ1) is 11.1. The van der Waals surface area contributed by atoms with Crippen LogP contribution in [0.15, 0.2) is 16.5 Å². The van der Waals surface area contributed by atoms with E-state index in [2.05, 4.69) is 0 Å². The first-order valence-electron chi connectivity index (χ1n) is 6.18. The van der Waals surface area contributed by atoms with Crippen molar-refractivity contribution >= 4 is 17.5 Å². The summed E-state index contributed by atoms with van der Waals surface area (Å²) in [5.41, 5.74) is 0. The molecule has 0 aromatic carbocycles. The van der Waals surface area contributed by atoms with E-state index in [0.29, 0.717) is 17.8 Å². The highest BCUT2D eigenvalue weighted by Gasteiger charge is 2.43. The van der Waals surface area contributed by atoms with Crippen molar-refractivity contribution in [3.8, 4) is 0 Å². The van der Waals surface area contributed by atoms with Gasteiger partial charge in [-0.15, -0.1) is 11.6 Å². The predicted molar refractivity (Wildman–Crippen MR) is 65.3 cm³/mol. The van der Waals surface area contributed by atoms with Crippen molar-refractivity contribution in [1.82, 2.24) is 4.90 Å². The lowest BCUT2D eigenvalue weighted by Crippen LogP contribution is -2.46. The molecule has 1 aromatic rings. The summed E-state index contributed by atoms with van der Waals surface area (Å²) in [6.07, 6.45) is 4.01. The van der Waals surface area contributed by atoms with Crippen molar-refractivity contribution in [3.05, 3.63) is 23.7 Å². The maximum absolute atomic E-state index is 12.4. The van der Waals surface area contributed by atoms with Crippen LogP contribution >= 0.6 is 11.6 Å². The molecule has 4 heteroatoms. The molecule has 2 aliphatic heterocycles. The van der Waals surface area contributed by atoms with E-state index in [1.54, 1.807) is 6.07 Å². The molecule has 0 aliphatic carbocycles. The minimum absolute atomic E-state index is 0.0363. The molecule has 2 aliphatic rings. The van der Waals surface area contributed by atoms with Gasteiger partial charge in [-0.3, -0.25) is 4.79 Å². The van der Waals surface area contributed by atoms with Crippen LogP contribution in [0.2, 0.25) is 0 Å². The minimum atomic E-state index is 0.0363. The minimum Gasteiger partial charge on any atom is -0.456 e. The third-order valence-corrected chi connectivity index (χ3v) is 4.22. The lowest BCUT2D eigenvalue weighted by Gasteiger charge is -2.36. The highest BCUT2D eigenvalue weighted by molar-refractivity contribution is 6.20. The third kappa shape index (κ3) is 1.86. The summed E-state index contributed by atoms with van der Waals surface area (Å²) in [6.45, 7) is 1.86. The van der Waals surface area contributed by atoms with Crippen LogP contribution in [-0.4, -0.2) is 28.3 Å². The van der Waals surface area contributed by atoms with Crippen LogP contribution in [0.1, 0.15) is 42.0 Å². The molecule has 2 bridgehead atoms. The molecular formula is C13H16ClNO2. The summed E-state index contributed by atoms with van der Waals surface area (Å²) in [7, 11) is 0. The molecule has 92 valence electrons. The first-order chi connectivity index (χ1) is 8.15. The van der Waals surface area contributed by atoms with Crippen molar-refractivity contribution in [2.75, 3.05) is 0 Å². The number of alkyl halides is 1. The molecule has 1 amide bonds. The number of furan rings is 1. The number of carbonyl (C=O) groups excluding carboxylic acids is 1. The van der Waals surface area contributed by atoms with Gasteiger partial charge in [0.2, 0.25) is 0 Å².